The topological polar surface area (TPSA) is 86.3 Å². The fraction of sp³-hybridized carbons (Fsp3) is 0.0800. The number of aromatic amines is 1. The average Bonchev–Trinajstić information content (AvgIpc) is 3.09. The van der Waals surface area contributed by atoms with Crippen molar-refractivity contribution in [1.82, 2.24) is 10.4 Å². The summed E-state index contributed by atoms with van der Waals surface area (Å²) in [5, 5.41) is 7.99. The molecular weight excluding hydrogens is 388 g/mol. The summed E-state index contributed by atoms with van der Waals surface area (Å²) in [6.07, 6.45) is 1.64. The molecule has 0 bridgehead atoms. The molecule has 0 aliphatic carbocycles. The Hall–Kier alpha value is -4.19. The molecule has 1 aromatic heterocycles. The third kappa shape index (κ3) is 4.53. The molecule has 1 heterocycles. The largest absolute Gasteiger partial charge is 0.358 e. The molecule has 4 aromatic rings. The van der Waals surface area contributed by atoms with Crippen molar-refractivity contribution < 1.29 is 9.59 Å². The molecule has 0 saturated carbocycles. The maximum Gasteiger partial charge on any atom is 0.271 e. The van der Waals surface area contributed by atoms with E-state index in [0.29, 0.717) is 16.8 Å². The molecule has 3 aromatic carbocycles. The maximum atomic E-state index is 12.4. The summed E-state index contributed by atoms with van der Waals surface area (Å²) in [4.78, 5) is 28.0. The summed E-state index contributed by atoms with van der Waals surface area (Å²) in [6.45, 7) is 3.90. The molecule has 0 spiro atoms. The van der Waals surface area contributed by atoms with Gasteiger partial charge in [-0.3, -0.25) is 9.59 Å². The van der Waals surface area contributed by atoms with E-state index >= 15 is 0 Å². The van der Waals surface area contributed by atoms with Gasteiger partial charge in [0.1, 0.15) is 0 Å². The van der Waals surface area contributed by atoms with E-state index < -0.39 is 0 Å². The van der Waals surface area contributed by atoms with Crippen molar-refractivity contribution in [3.05, 3.63) is 101 Å². The lowest BCUT2D eigenvalue weighted by Crippen LogP contribution is -2.18. The van der Waals surface area contributed by atoms with Gasteiger partial charge in [-0.25, -0.2) is 5.43 Å². The summed E-state index contributed by atoms with van der Waals surface area (Å²) in [5.74, 6) is -0.523. The number of hydrogen-bond donors (Lipinski definition) is 3. The van der Waals surface area contributed by atoms with E-state index in [4.69, 9.17) is 0 Å². The van der Waals surface area contributed by atoms with Crippen LogP contribution in [0.4, 0.5) is 5.69 Å². The van der Waals surface area contributed by atoms with Gasteiger partial charge in [0.2, 0.25) is 0 Å². The number of anilines is 1. The zero-order valence-electron chi connectivity index (χ0n) is 17.3. The number of hydrazone groups is 1. The van der Waals surface area contributed by atoms with Gasteiger partial charge in [-0.15, -0.1) is 0 Å². The number of nitrogens with zero attached hydrogens (tertiary/aromatic N) is 1. The second-order valence-electron chi connectivity index (χ2n) is 7.31. The van der Waals surface area contributed by atoms with Gasteiger partial charge in [0, 0.05) is 39.0 Å². The first-order valence-electron chi connectivity index (χ1n) is 9.90. The number of fused-ring (bicyclic) bond motifs is 1. The number of aryl methyl sites for hydroxylation is 2. The lowest BCUT2D eigenvalue weighted by atomic mass is 10.1. The Balaban J connectivity index is 1.39. The van der Waals surface area contributed by atoms with E-state index in [-0.39, 0.29) is 11.8 Å². The molecule has 0 fully saturated rings. The zero-order chi connectivity index (χ0) is 21.8. The molecule has 0 radical (unpaired) electrons. The van der Waals surface area contributed by atoms with Gasteiger partial charge in [0.15, 0.2) is 0 Å². The summed E-state index contributed by atoms with van der Waals surface area (Å²) in [6, 6.07) is 22.0. The van der Waals surface area contributed by atoms with E-state index in [1.54, 1.807) is 36.5 Å². The molecular formula is C25H22N4O2. The molecule has 0 aliphatic heterocycles. The lowest BCUT2D eigenvalue weighted by molar-refractivity contribution is 0.0954. The van der Waals surface area contributed by atoms with Crippen molar-refractivity contribution in [2.24, 2.45) is 5.10 Å². The fourth-order valence-corrected chi connectivity index (χ4v) is 3.38. The quantitative estimate of drug-likeness (QED) is 0.326. The number of amides is 2. The van der Waals surface area contributed by atoms with E-state index in [2.05, 4.69) is 20.8 Å². The molecule has 3 N–H and O–H groups in total. The minimum absolute atomic E-state index is 0.195. The van der Waals surface area contributed by atoms with Crippen LogP contribution >= 0.6 is 0 Å². The molecule has 154 valence electrons. The maximum absolute atomic E-state index is 12.4. The number of aromatic nitrogens is 1. The summed E-state index contributed by atoms with van der Waals surface area (Å²) >= 11 is 0. The highest BCUT2D eigenvalue weighted by Gasteiger charge is 2.09. The number of nitrogens with one attached hydrogen (secondary N) is 3. The van der Waals surface area contributed by atoms with Crippen LogP contribution in [-0.2, 0) is 0 Å². The molecule has 0 saturated heterocycles. The van der Waals surface area contributed by atoms with Crippen LogP contribution in [-0.4, -0.2) is 23.0 Å². The Bertz CT molecular complexity index is 1290. The predicted octanol–water partition coefficient (Wildman–Crippen LogP) is 4.80. The van der Waals surface area contributed by atoms with Gasteiger partial charge in [-0.05, 0) is 56.3 Å². The zero-order valence-corrected chi connectivity index (χ0v) is 17.3. The van der Waals surface area contributed by atoms with Gasteiger partial charge in [-0.1, -0.05) is 35.9 Å². The molecule has 31 heavy (non-hydrogen) atoms. The van der Waals surface area contributed by atoms with E-state index in [9.17, 15) is 9.59 Å². The molecule has 2 amide bonds. The Labute approximate surface area is 180 Å². The standard InChI is InChI=1S/C25H22N4O2/c1-16-6-5-7-19(14-16)24(30)28-20-12-10-18(11-13-20)25(31)29-26-15-22-17(2)27-23-9-4-3-8-21(22)23/h3-15,27H,1-2H3,(H,28,30)(H,29,31). The molecule has 0 aliphatic rings. The first-order valence-corrected chi connectivity index (χ1v) is 9.90. The molecule has 6 nitrogen and oxygen atoms in total. The van der Waals surface area contributed by atoms with Crippen LogP contribution < -0.4 is 10.7 Å². The Kier molecular flexibility index (Phi) is 5.62. The van der Waals surface area contributed by atoms with Crippen LogP contribution in [0.5, 0.6) is 0 Å². The van der Waals surface area contributed by atoms with Crippen molar-refractivity contribution in [3.8, 4) is 0 Å². The van der Waals surface area contributed by atoms with Gasteiger partial charge < -0.3 is 10.3 Å². The SMILES string of the molecule is Cc1cccc(C(=O)Nc2ccc(C(=O)NN=Cc3c(C)[nH]c4ccccc34)cc2)c1. The summed E-state index contributed by atoms with van der Waals surface area (Å²) in [5.41, 5.74) is 8.15. The monoisotopic (exact) mass is 410 g/mol. The predicted molar refractivity (Wildman–Crippen MR) is 124 cm³/mol. The number of para-hydroxylation sites is 1. The van der Waals surface area contributed by atoms with Gasteiger partial charge in [0.05, 0.1) is 6.21 Å². The van der Waals surface area contributed by atoms with E-state index in [1.807, 2.05) is 56.3 Å². The second kappa shape index (κ2) is 8.67. The van der Waals surface area contributed by atoms with E-state index in [0.717, 1.165) is 27.7 Å². The highest BCUT2D eigenvalue weighted by atomic mass is 16.2. The Morgan fingerprint density at radius 1 is 0.871 bits per heavy atom. The Morgan fingerprint density at radius 3 is 2.42 bits per heavy atom. The van der Waals surface area contributed by atoms with Crippen LogP contribution in [0.1, 0.15) is 37.5 Å². The molecule has 0 atom stereocenters. The number of carbonyl (C=O) groups excluding carboxylic acids is 2. The number of benzene rings is 3. The van der Waals surface area contributed by atoms with Crippen molar-refractivity contribution in [3.63, 3.8) is 0 Å². The smallest absolute Gasteiger partial charge is 0.271 e. The van der Waals surface area contributed by atoms with E-state index in [1.165, 1.54) is 0 Å². The highest BCUT2D eigenvalue weighted by Crippen LogP contribution is 2.20. The Morgan fingerprint density at radius 2 is 1.65 bits per heavy atom. The van der Waals surface area contributed by atoms with Crippen LogP contribution in [0.25, 0.3) is 10.9 Å². The van der Waals surface area contributed by atoms with Gasteiger partial charge in [-0.2, -0.15) is 5.10 Å². The average molecular weight is 410 g/mol. The third-order valence-corrected chi connectivity index (χ3v) is 4.99. The summed E-state index contributed by atoms with van der Waals surface area (Å²) < 4.78 is 0. The van der Waals surface area contributed by atoms with Crippen LogP contribution in [0.2, 0.25) is 0 Å². The molecule has 6 heteroatoms. The number of carbonyl (C=O) groups is 2. The second-order valence-corrected chi connectivity index (χ2v) is 7.31. The number of hydrogen-bond acceptors (Lipinski definition) is 3. The molecule has 0 unspecified atom stereocenters. The number of H-pyrrole nitrogens is 1. The van der Waals surface area contributed by atoms with Crippen molar-refractivity contribution in [1.29, 1.82) is 0 Å². The summed E-state index contributed by atoms with van der Waals surface area (Å²) in [7, 11) is 0. The van der Waals surface area contributed by atoms with Crippen molar-refractivity contribution in [2.45, 2.75) is 13.8 Å². The number of rotatable bonds is 5. The third-order valence-electron chi connectivity index (χ3n) is 4.99. The normalized spacial score (nSPS) is 11.0. The van der Waals surface area contributed by atoms with Gasteiger partial charge in [0.25, 0.3) is 11.8 Å². The fourth-order valence-electron chi connectivity index (χ4n) is 3.38. The van der Waals surface area contributed by atoms with Crippen molar-refractivity contribution in [2.75, 3.05) is 5.32 Å². The first-order chi connectivity index (χ1) is 15.0. The van der Waals surface area contributed by atoms with Crippen molar-refractivity contribution >= 4 is 34.6 Å². The van der Waals surface area contributed by atoms with Crippen LogP contribution in [0, 0.1) is 13.8 Å². The minimum Gasteiger partial charge on any atom is -0.358 e. The highest BCUT2D eigenvalue weighted by molar-refractivity contribution is 6.05. The lowest BCUT2D eigenvalue weighted by Gasteiger charge is -2.07. The molecule has 4 rings (SSSR count). The van der Waals surface area contributed by atoms with Crippen LogP contribution in [0.15, 0.2) is 77.9 Å². The van der Waals surface area contributed by atoms with Gasteiger partial charge >= 0.3 is 0 Å². The first kappa shape index (κ1) is 20.1. The van der Waals surface area contributed by atoms with Crippen LogP contribution in [0.3, 0.4) is 0 Å². The minimum atomic E-state index is -0.328.